The van der Waals surface area contributed by atoms with Crippen LogP contribution in [0.4, 0.5) is 0 Å². The van der Waals surface area contributed by atoms with E-state index in [1.165, 1.54) is 24.8 Å². The van der Waals surface area contributed by atoms with Gasteiger partial charge in [0.2, 0.25) is 0 Å². The molecule has 1 atom stereocenters. The van der Waals surface area contributed by atoms with Crippen LogP contribution < -0.4 is 0 Å². The van der Waals surface area contributed by atoms with E-state index in [9.17, 15) is 0 Å². The summed E-state index contributed by atoms with van der Waals surface area (Å²) in [5.74, 6) is 6.12. The van der Waals surface area contributed by atoms with Crippen LogP contribution in [0, 0.1) is 11.8 Å². The van der Waals surface area contributed by atoms with Gasteiger partial charge in [-0.05, 0) is 30.6 Å². The Morgan fingerprint density at radius 3 is 2.40 bits per heavy atom. The molecule has 1 unspecified atom stereocenters. The standard InChI is InChI=1S/C17H31ClOSi/c1-7-8-10-13-16(14-11-9-12-15-18)19-20(5,6)17(2,3)4/h12,15-16H,7-8,10,13-14H2,1-6H3/b15-12+. The molecule has 0 fully saturated rings. The summed E-state index contributed by atoms with van der Waals surface area (Å²) in [6.45, 7) is 13.7. The molecule has 0 rings (SSSR count). The minimum Gasteiger partial charge on any atom is -0.413 e. The number of hydrogen-bond acceptors (Lipinski definition) is 1. The first-order chi connectivity index (χ1) is 9.24. The normalized spacial score (nSPS) is 14.2. The molecule has 3 heteroatoms. The molecule has 0 aromatic carbocycles. The first-order valence-electron chi connectivity index (χ1n) is 7.66. The second kappa shape index (κ2) is 9.66. The zero-order chi connectivity index (χ0) is 15.6. The topological polar surface area (TPSA) is 9.23 Å². The van der Waals surface area contributed by atoms with Gasteiger partial charge >= 0.3 is 0 Å². The van der Waals surface area contributed by atoms with Crippen LogP contribution in [0.1, 0.15) is 59.8 Å². The molecule has 0 radical (unpaired) electrons. The lowest BCUT2D eigenvalue weighted by Gasteiger charge is -2.39. The van der Waals surface area contributed by atoms with Gasteiger partial charge in [0.1, 0.15) is 0 Å². The highest BCUT2D eigenvalue weighted by atomic mass is 35.5. The Hall–Kier alpha value is -0.233. The van der Waals surface area contributed by atoms with Crippen LogP contribution in [0.2, 0.25) is 18.1 Å². The minimum atomic E-state index is -1.71. The summed E-state index contributed by atoms with van der Waals surface area (Å²) in [5.41, 5.74) is 1.45. The van der Waals surface area contributed by atoms with E-state index in [-0.39, 0.29) is 11.1 Å². The van der Waals surface area contributed by atoms with E-state index in [0.29, 0.717) is 0 Å². The molecule has 0 spiro atoms. The monoisotopic (exact) mass is 314 g/mol. The van der Waals surface area contributed by atoms with E-state index in [2.05, 4.69) is 52.6 Å². The summed E-state index contributed by atoms with van der Waals surface area (Å²) in [4.78, 5) is 0. The molecular weight excluding hydrogens is 284 g/mol. The van der Waals surface area contributed by atoms with Crippen molar-refractivity contribution in [3.05, 3.63) is 11.6 Å². The maximum Gasteiger partial charge on any atom is 0.192 e. The van der Waals surface area contributed by atoms with Gasteiger partial charge in [0.15, 0.2) is 8.32 Å². The predicted octanol–water partition coefficient (Wildman–Crippen LogP) is 6.10. The van der Waals surface area contributed by atoms with Crippen molar-refractivity contribution in [1.29, 1.82) is 0 Å². The Kier molecular flexibility index (Phi) is 9.55. The number of hydrogen-bond donors (Lipinski definition) is 0. The molecule has 116 valence electrons. The summed E-state index contributed by atoms with van der Waals surface area (Å²) < 4.78 is 6.51. The SMILES string of the molecule is CCCCCC(CC#C/C=C/Cl)O[Si](C)(C)C(C)(C)C. The maximum atomic E-state index is 6.51. The molecule has 0 aliphatic heterocycles. The van der Waals surface area contributed by atoms with E-state index in [4.69, 9.17) is 16.0 Å². The van der Waals surface area contributed by atoms with Crippen molar-refractivity contribution in [2.45, 2.75) is 84.0 Å². The molecule has 0 saturated carbocycles. The van der Waals surface area contributed by atoms with Gasteiger partial charge in [-0.15, -0.1) is 0 Å². The Labute approximate surface area is 132 Å². The van der Waals surface area contributed by atoms with Crippen molar-refractivity contribution in [1.82, 2.24) is 0 Å². The van der Waals surface area contributed by atoms with E-state index >= 15 is 0 Å². The van der Waals surface area contributed by atoms with Crippen LogP contribution in [0.5, 0.6) is 0 Å². The van der Waals surface area contributed by atoms with E-state index < -0.39 is 8.32 Å². The average Bonchev–Trinajstić information content (AvgIpc) is 2.33. The molecule has 0 aliphatic carbocycles. The zero-order valence-corrected chi connectivity index (χ0v) is 15.8. The molecule has 0 saturated heterocycles. The third kappa shape index (κ3) is 8.14. The average molecular weight is 315 g/mol. The van der Waals surface area contributed by atoms with Gasteiger partial charge in [-0.1, -0.05) is 70.4 Å². The third-order valence-electron chi connectivity index (χ3n) is 3.98. The van der Waals surface area contributed by atoms with E-state index in [1.54, 1.807) is 6.08 Å². The van der Waals surface area contributed by atoms with Crippen molar-refractivity contribution in [3.8, 4) is 11.8 Å². The number of rotatable bonds is 7. The third-order valence-corrected chi connectivity index (χ3v) is 8.64. The number of halogens is 1. The fourth-order valence-corrected chi connectivity index (χ4v) is 3.13. The first kappa shape index (κ1) is 19.8. The van der Waals surface area contributed by atoms with Crippen LogP contribution >= 0.6 is 11.6 Å². The molecular formula is C17H31ClOSi. The lowest BCUT2D eigenvalue weighted by atomic mass is 10.1. The largest absolute Gasteiger partial charge is 0.413 e. The second-order valence-corrected chi connectivity index (χ2v) is 11.8. The van der Waals surface area contributed by atoms with Gasteiger partial charge in [-0.2, -0.15) is 0 Å². The van der Waals surface area contributed by atoms with Gasteiger partial charge in [-0.25, -0.2) is 0 Å². The lowest BCUT2D eigenvalue weighted by Crippen LogP contribution is -2.43. The van der Waals surface area contributed by atoms with Gasteiger partial charge in [-0.3, -0.25) is 0 Å². The molecule has 0 aromatic rings. The van der Waals surface area contributed by atoms with Crippen LogP contribution in [0.3, 0.4) is 0 Å². The summed E-state index contributed by atoms with van der Waals surface area (Å²) >= 11 is 5.48. The fourth-order valence-electron chi connectivity index (χ4n) is 1.68. The smallest absolute Gasteiger partial charge is 0.192 e. The van der Waals surface area contributed by atoms with Crippen molar-refractivity contribution < 1.29 is 4.43 Å². The molecule has 0 N–H and O–H groups in total. The van der Waals surface area contributed by atoms with E-state index in [0.717, 1.165) is 12.8 Å². The predicted molar refractivity (Wildman–Crippen MR) is 93.6 cm³/mol. The second-order valence-electron chi connectivity index (χ2n) is 6.81. The van der Waals surface area contributed by atoms with Crippen molar-refractivity contribution in [2.24, 2.45) is 0 Å². The molecule has 0 amide bonds. The highest BCUT2D eigenvalue weighted by Gasteiger charge is 2.38. The molecule has 1 nitrogen and oxygen atoms in total. The quantitative estimate of drug-likeness (QED) is 0.313. The van der Waals surface area contributed by atoms with Crippen LogP contribution in [-0.4, -0.2) is 14.4 Å². The molecule has 0 aliphatic rings. The Morgan fingerprint density at radius 1 is 1.25 bits per heavy atom. The van der Waals surface area contributed by atoms with Gasteiger partial charge in [0.25, 0.3) is 0 Å². The van der Waals surface area contributed by atoms with Crippen molar-refractivity contribution in [2.75, 3.05) is 0 Å². The highest BCUT2D eigenvalue weighted by molar-refractivity contribution is 6.74. The number of unbranched alkanes of at least 4 members (excludes halogenated alkanes) is 2. The Morgan fingerprint density at radius 2 is 1.90 bits per heavy atom. The Balaban J connectivity index is 4.64. The maximum absolute atomic E-state index is 6.51. The highest BCUT2D eigenvalue weighted by Crippen LogP contribution is 2.38. The van der Waals surface area contributed by atoms with Gasteiger partial charge < -0.3 is 4.43 Å². The molecule has 0 aromatic heterocycles. The molecule has 0 heterocycles. The van der Waals surface area contributed by atoms with Crippen LogP contribution in [-0.2, 0) is 4.43 Å². The van der Waals surface area contributed by atoms with E-state index in [1.807, 2.05) is 0 Å². The zero-order valence-electron chi connectivity index (χ0n) is 14.1. The van der Waals surface area contributed by atoms with Crippen molar-refractivity contribution >= 4 is 19.9 Å². The summed E-state index contributed by atoms with van der Waals surface area (Å²) in [7, 11) is -1.71. The van der Waals surface area contributed by atoms with Gasteiger partial charge in [0.05, 0.1) is 6.10 Å². The summed E-state index contributed by atoms with van der Waals surface area (Å²) in [5, 5.41) is 0.249. The molecule has 20 heavy (non-hydrogen) atoms. The summed E-state index contributed by atoms with van der Waals surface area (Å²) in [6.07, 6.45) is 7.59. The molecule has 0 bridgehead atoms. The lowest BCUT2D eigenvalue weighted by molar-refractivity contribution is 0.172. The van der Waals surface area contributed by atoms with Crippen LogP contribution in [0.25, 0.3) is 0 Å². The first-order valence-corrected chi connectivity index (χ1v) is 11.0. The summed E-state index contributed by atoms with van der Waals surface area (Å²) in [6, 6.07) is 0. The van der Waals surface area contributed by atoms with Crippen LogP contribution in [0.15, 0.2) is 11.6 Å². The number of allylic oxidation sites excluding steroid dienone is 1. The van der Waals surface area contributed by atoms with Crippen molar-refractivity contribution in [3.63, 3.8) is 0 Å². The fraction of sp³-hybridized carbons (Fsp3) is 0.765. The van der Waals surface area contributed by atoms with Gasteiger partial charge in [0, 0.05) is 12.0 Å². The Bertz CT molecular complexity index is 344. The minimum absolute atomic E-state index is 0.249.